The normalized spacial score (nSPS) is 28.4. The fourth-order valence-electron chi connectivity index (χ4n) is 4.03. The Morgan fingerprint density at radius 2 is 2.10 bits per heavy atom. The van der Waals surface area contributed by atoms with Crippen molar-refractivity contribution in [1.29, 1.82) is 0 Å². The van der Waals surface area contributed by atoms with E-state index < -0.39 is 0 Å². The molecule has 0 aromatic heterocycles. The van der Waals surface area contributed by atoms with Crippen molar-refractivity contribution >= 4 is 5.69 Å². The molecule has 0 aliphatic heterocycles. The lowest BCUT2D eigenvalue weighted by atomic mass is 9.84. The molecule has 2 N–H and O–H groups in total. The first-order chi connectivity index (χ1) is 9.34. The van der Waals surface area contributed by atoms with Gasteiger partial charge < -0.3 is 15.4 Å². The van der Waals surface area contributed by atoms with Gasteiger partial charge in [0.25, 0.3) is 0 Å². The lowest BCUT2D eigenvalue weighted by Gasteiger charge is -2.44. The molecule has 0 saturated heterocycles. The molecule has 112 valence electrons. The van der Waals surface area contributed by atoms with Crippen molar-refractivity contribution in [1.82, 2.24) is 0 Å². The Morgan fingerprint density at radius 3 is 2.60 bits per heavy atom. The van der Waals surface area contributed by atoms with Gasteiger partial charge in [-0.1, -0.05) is 26.8 Å². The molecular weight excluding hydrogens is 248 g/mol. The van der Waals surface area contributed by atoms with Crippen molar-refractivity contribution in [2.24, 2.45) is 17.1 Å². The summed E-state index contributed by atoms with van der Waals surface area (Å²) in [5.41, 5.74) is 7.79. The van der Waals surface area contributed by atoms with Gasteiger partial charge in [0.1, 0.15) is 5.75 Å². The molecule has 1 saturated carbocycles. The van der Waals surface area contributed by atoms with E-state index in [0.717, 1.165) is 12.2 Å². The van der Waals surface area contributed by atoms with Crippen molar-refractivity contribution < 1.29 is 4.74 Å². The number of hydrogen-bond donors (Lipinski definition) is 1. The van der Waals surface area contributed by atoms with Crippen LogP contribution in [0.2, 0.25) is 0 Å². The third kappa shape index (κ3) is 2.51. The Morgan fingerprint density at radius 1 is 1.40 bits per heavy atom. The molecule has 3 heteroatoms. The molecule has 1 aliphatic rings. The highest BCUT2D eigenvalue weighted by Gasteiger charge is 2.50. The van der Waals surface area contributed by atoms with Gasteiger partial charge >= 0.3 is 0 Å². The minimum Gasteiger partial charge on any atom is -0.497 e. The van der Waals surface area contributed by atoms with Gasteiger partial charge in [-0.3, -0.25) is 0 Å². The number of anilines is 1. The second-order valence-electron chi connectivity index (χ2n) is 7.01. The van der Waals surface area contributed by atoms with Crippen LogP contribution in [0.1, 0.15) is 33.6 Å². The molecule has 2 atom stereocenters. The monoisotopic (exact) mass is 276 g/mol. The molecular formula is C17H28N2O. The average molecular weight is 276 g/mol. The summed E-state index contributed by atoms with van der Waals surface area (Å²) < 4.78 is 5.34. The zero-order valence-corrected chi connectivity index (χ0v) is 13.4. The van der Waals surface area contributed by atoms with E-state index in [1.54, 1.807) is 7.11 Å². The van der Waals surface area contributed by atoms with Crippen LogP contribution >= 0.6 is 0 Å². The molecule has 20 heavy (non-hydrogen) atoms. The van der Waals surface area contributed by atoms with Crippen LogP contribution in [0.15, 0.2) is 24.3 Å². The third-order valence-corrected chi connectivity index (χ3v) is 5.02. The molecule has 2 rings (SSSR count). The van der Waals surface area contributed by atoms with Crippen LogP contribution in [0.25, 0.3) is 0 Å². The Hall–Kier alpha value is -1.22. The van der Waals surface area contributed by atoms with Crippen LogP contribution < -0.4 is 15.4 Å². The highest BCUT2D eigenvalue weighted by molar-refractivity contribution is 5.53. The molecule has 0 amide bonds. The van der Waals surface area contributed by atoms with Gasteiger partial charge in [0.2, 0.25) is 0 Å². The topological polar surface area (TPSA) is 38.5 Å². The maximum absolute atomic E-state index is 6.22. The fourth-order valence-corrected chi connectivity index (χ4v) is 4.03. The van der Waals surface area contributed by atoms with Crippen molar-refractivity contribution in [2.75, 3.05) is 25.6 Å². The van der Waals surface area contributed by atoms with E-state index in [1.165, 1.54) is 12.1 Å². The number of benzene rings is 1. The maximum atomic E-state index is 6.22. The summed E-state index contributed by atoms with van der Waals surface area (Å²) >= 11 is 0. The zero-order chi connectivity index (χ0) is 15.0. The van der Waals surface area contributed by atoms with E-state index in [4.69, 9.17) is 10.5 Å². The minimum atomic E-state index is 0.0376. The first-order valence-corrected chi connectivity index (χ1v) is 7.42. The molecule has 0 radical (unpaired) electrons. The molecule has 1 fully saturated rings. The van der Waals surface area contributed by atoms with Gasteiger partial charge in [0.15, 0.2) is 0 Å². The Balaban J connectivity index is 2.36. The Bertz CT molecular complexity index is 472. The highest BCUT2D eigenvalue weighted by Crippen LogP contribution is 2.50. The molecule has 1 aliphatic carbocycles. The largest absolute Gasteiger partial charge is 0.497 e. The lowest BCUT2D eigenvalue weighted by molar-refractivity contribution is 0.315. The van der Waals surface area contributed by atoms with Crippen LogP contribution in [-0.2, 0) is 0 Å². The maximum Gasteiger partial charge on any atom is 0.120 e. The highest BCUT2D eigenvalue weighted by atomic mass is 16.5. The Kier molecular flexibility index (Phi) is 4.01. The van der Waals surface area contributed by atoms with E-state index >= 15 is 0 Å². The second-order valence-corrected chi connectivity index (χ2v) is 7.01. The summed E-state index contributed by atoms with van der Waals surface area (Å²) in [5, 5.41) is 0. The lowest BCUT2D eigenvalue weighted by Crippen LogP contribution is -2.54. The van der Waals surface area contributed by atoms with E-state index in [0.29, 0.717) is 17.9 Å². The molecule has 0 heterocycles. The minimum absolute atomic E-state index is 0.0376. The van der Waals surface area contributed by atoms with Crippen molar-refractivity contribution in [2.45, 2.75) is 39.2 Å². The first-order valence-electron chi connectivity index (χ1n) is 7.42. The quantitative estimate of drug-likeness (QED) is 0.917. The summed E-state index contributed by atoms with van der Waals surface area (Å²) in [6.45, 7) is 7.71. The van der Waals surface area contributed by atoms with Gasteiger partial charge in [0.05, 0.1) is 12.6 Å². The van der Waals surface area contributed by atoms with E-state index in [1.807, 2.05) is 12.1 Å². The SMILES string of the molecule is COc1cccc(N(C)C2(CN)CC(C)(C)CC2C)c1. The predicted molar refractivity (Wildman–Crippen MR) is 85.4 cm³/mol. The van der Waals surface area contributed by atoms with Gasteiger partial charge in [-0.25, -0.2) is 0 Å². The second kappa shape index (κ2) is 5.28. The third-order valence-electron chi connectivity index (χ3n) is 5.02. The van der Waals surface area contributed by atoms with Gasteiger partial charge in [-0.05, 0) is 36.3 Å². The standard InChI is InChI=1S/C17H28N2O/c1-13-10-16(2,3)11-17(13,12-18)19(4)14-7-6-8-15(9-14)20-5/h6-9,13H,10-12,18H2,1-5H3. The van der Waals surface area contributed by atoms with Crippen LogP contribution in [0.4, 0.5) is 5.69 Å². The van der Waals surface area contributed by atoms with Crippen molar-refractivity contribution in [3.63, 3.8) is 0 Å². The van der Waals surface area contributed by atoms with Crippen LogP contribution in [0.5, 0.6) is 5.75 Å². The van der Waals surface area contributed by atoms with E-state index in [-0.39, 0.29) is 5.54 Å². The van der Waals surface area contributed by atoms with Crippen LogP contribution in [-0.4, -0.2) is 26.2 Å². The zero-order valence-electron chi connectivity index (χ0n) is 13.4. The number of likely N-dealkylation sites (N-methyl/N-ethyl adjacent to an activating group) is 1. The Labute approximate surface area is 123 Å². The summed E-state index contributed by atoms with van der Waals surface area (Å²) in [4.78, 5) is 2.37. The number of hydrogen-bond acceptors (Lipinski definition) is 3. The molecule has 1 aromatic rings. The van der Waals surface area contributed by atoms with Gasteiger partial charge in [0, 0.05) is 25.3 Å². The number of methoxy groups -OCH3 is 1. The summed E-state index contributed by atoms with van der Waals surface area (Å²) in [7, 11) is 3.87. The van der Waals surface area contributed by atoms with Gasteiger partial charge in [-0.2, -0.15) is 0 Å². The summed E-state index contributed by atoms with van der Waals surface area (Å²) in [5.74, 6) is 1.48. The molecule has 0 spiro atoms. The van der Waals surface area contributed by atoms with E-state index in [9.17, 15) is 0 Å². The van der Waals surface area contributed by atoms with Crippen LogP contribution in [0, 0.1) is 11.3 Å². The van der Waals surface area contributed by atoms with Crippen molar-refractivity contribution in [3.05, 3.63) is 24.3 Å². The fraction of sp³-hybridized carbons (Fsp3) is 0.647. The van der Waals surface area contributed by atoms with Gasteiger partial charge in [-0.15, -0.1) is 0 Å². The summed E-state index contributed by atoms with van der Waals surface area (Å²) in [6, 6.07) is 8.25. The number of rotatable bonds is 4. The first kappa shape index (κ1) is 15.2. The molecule has 3 nitrogen and oxygen atoms in total. The van der Waals surface area contributed by atoms with Crippen molar-refractivity contribution in [3.8, 4) is 5.75 Å². The summed E-state index contributed by atoms with van der Waals surface area (Å²) in [6.07, 6.45) is 2.35. The molecule has 1 aromatic carbocycles. The number of ether oxygens (including phenoxy) is 1. The average Bonchev–Trinajstić information content (AvgIpc) is 2.68. The van der Waals surface area contributed by atoms with Crippen LogP contribution in [0.3, 0.4) is 0 Å². The van der Waals surface area contributed by atoms with E-state index in [2.05, 4.69) is 44.9 Å². The number of nitrogens with zero attached hydrogens (tertiary/aromatic N) is 1. The molecule has 2 unspecified atom stereocenters. The molecule has 0 bridgehead atoms. The number of nitrogens with two attached hydrogens (primary N) is 1. The predicted octanol–water partition coefficient (Wildman–Crippen LogP) is 3.29. The smallest absolute Gasteiger partial charge is 0.120 e.